The minimum atomic E-state index is 0.0903. The van der Waals surface area contributed by atoms with Crippen LogP contribution in [0.1, 0.15) is 64.4 Å². The van der Waals surface area contributed by atoms with E-state index in [1.807, 2.05) is 65.8 Å². The fourth-order valence-corrected chi connectivity index (χ4v) is 1.24. The lowest BCUT2D eigenvalue weighted by atomic mass is 10.00. The van der Waals surface area contributed by atoms with Gasteiger partial charge in [-0.25, -0.2) is 0 Å². The van der Waals surface area contributed by atoms with Gasteiger partial charge in [0.1, 0.15) is 0 Å². The van der Waals surface area contributed by atoms with Crippen LogP contribution in [0.15, 0.2) is 24.3 Å². The summed E-state index contributed by atoms with van der Waals surface area (Å²) in [6.45, 7) is 14.0. The molecule has 0 spiro atoms. The molecule has 0 aliphatic rings. The van der Waals surface area contributed by atoms with Gasteiger partial charge < -0.3 is 0 Å². The Morgan fingerprint density at radius 2 is 1.41 bits per heavy atom. The summed E-state index contributed by atoms with van der Waals surface area (Å²) in [7, 11) is 0. The molecule has 1 rings (SSSR count). The van der Waals surface area contributed by atoms with Crippen LogP contribution in [-0.2, 0) is 6.42 Å². The molecule has 0 fully saturated rings. The molecular weight excluding hydrogens is 208 g/mol. The Kier molecular flexibility index (Phi) is 12.2. The normalized spacial score (nSPS) is 8.71. The van der Waals surface area contributed by atoms with Crippen LogP contribution in [0.3, 0.4) is 0 Å². The topological polar surface area (TPSA) is 17.1 Å². The van der Waals surface area contributed by atoms with Crippen molar-refractivity contribution >= 4 is 5.78 Å². The van der Waals surface area contributed by atoms with Gasteiger partial charge in [0.05, 0.1) is 0 Å². The van der Waals surface area contributed by atoms with E-state index in [0.29, 0.717) is 0 Å². The lowest BCUT2D eigenvalue weighted by Gasteiger charge is -2.04. The molecule has 0 radical (unpaired) electrons. The van der Waals surface area contributed by atoms with Crippen molar-refractivity contribution in [2.24, 2.45) is 5.92 Å². The van der Waals surface area contributed by atoms with E-state index < -0.39 is 0 Å². The minimum absolute atomic E-state index is 0.0903. The van der Waals surface area contributed by atoms with Crippen molar-refractivity contribution in [3.8, 4) is 0 Å². The second kappa shape index (κ2) is 11.4. The van der Waals surface area contributed by atoms with Gasteiger partial charge in [0, 0.05) is 11.5 Å². The lowest BCUT2D eigenvalue weighted by molar-refractivity contribution is 0.0939. The number of carbonyl (C=O) groups excluding carboxylic acids is 1. The smallest absolute Gasteiger partial charge is 0.165 e. The number of ketones is 1. The van der Waals surface area contributed by atoms with Gasteiger partial charge in [-0.1, -0.05) is 72.7 Å². The number of hydrogen-bond donors (Lipinski definition) is 0. The maximum absolute atomic E-state index is 11.5. The van der Waals surface area contributed by atoms with Gasteiger partial charge in [0.2, 0.25) is 0 Å². The van der Waals surface area contributed by atoms with Crippen LogP contribution in [0.2, 0.25) is 0 Å². The molecule has 0 bridgehead atoms. The van der Waals surface area contributed by atoms with Gasteiger partial charge in [-0.3, -0.25) is 4.79 Å². The molecule has 1 aromatic carbocycles. The van der Waals surface area contributed by atoms with Crippen molar-refractivity contribution in [1.82, 2.24) is 0 Å². The van der Waals surface area contributed by atoms with E-state index in [-0.39, 0.29) is 11.7 Å². The van der Waals surface area contributed by atoms with Gasteiger partial charge in [-0.15, -0.1) is 0 Å². The van der Waals surface area contributed by atoms with Crippen molar-refractivity contribution < 1.29 is 4.79 Å². The Balaban J connectivity index is 0. The summed E-state index contributed by atoms with van der Waals surface area (Å²) in [4.78, 5) is 11.5. The number of aryl methyl sites for hydroxylation is 1. The first-order valence-electron chi connectivity index (χ1n) is 6.78. The molecule has 98 valence electrons. The minimum Gasteiger partial charge on any atom is -0.294 e. The van der Waals surface area contributed by atoms with Crippen LogP contribution in [0.25, 0.3) is 0 Å². The molecule has 0 saturated carbocycles. The highest BCUT2D eigenvalue weighted by molar-refractivity contribution is 5.97. The lowest BCUT2D eigenvalue weighted by Crippen LogP contribution is -2.06. The molecule has 0 N–H and O–H groups in total. The molecular formula is C16H28O. The van der Waals surface area contributed by atoms with E-state index in [1.54, 1.807) is 0 Å². The van der Waals surface area contributed by atoms with Crippen LogP contribution in [-0.4, -0.2) is 5.78 Å². The molecule has 0 amide bonds. The Labute approximate surface area is 107 Å². The van der Waals surface area contributed by atoms with E-state index in [0.717, 1.165) is 12.0 Å². The Morgan fingerprint density at radius 3 is 1.71 bits per heavy atom. The van der Waals surface area contributed by atoms with Gasteiger partial charge in [-0.05, 0) is 12.0 Å². The third kappa shape index (κ3) is 6.93. The second-order valence-electron chi connectivity index (χ2n) is 3.57. The fraction of sp³-hybridized carbons (Fsp3) is 0.562. The van der Waals surface area contributed by atoms with E-state index in [1.165, 1.54) is 5.56 Å². The first-order valence-corrected chi connectivity index (χ1v) is 6.78. The molecule has 1 heteroatoms. The maximum atomic E-state index is 11.5. The molecule has 0 aliphatic heterocycles. The molecule has 0 aliphatic carbocycles. The first kappa shape index (κ1) is 18.3. The summed E-state index contributed by atoms with van der Waals surface area (Å²) >= 11 is 0. The van der Waals surface area contributed by atoms with Gasteiger partial charge in [0.15, 0.2) is 5.78 Å². The predicted octanol–water partition coefficient (Wildman–Crippen LogP) is 5.14. The van der Waals surface area contributed by atoms with Crippen LogP contribution >= 0.6 is 0 Å². The molecule has 0 unspecified atom stereocenters. The molecule has 0 saturated heterocycles. The van der Waals surface area contributed by atoms with Crippen molar-refractivity contribution in [3.05, 3.63) is 35.4 Å². The molecule has 0 aromatic heterocycles. The number of hydrogen-bond acceptors (Lipinski definition) is 1. The number of Topliss-reactive ketones (excluding diaryl/α,β-unsaturated/α-hetero) is 1. The highest BCUT2D eigenvalue weighted by atomic mass is 16.1. The molecule has 1 aromatic rings. The van der Waals surface area contributed by atoms with Crippen LogP contribution in [0.4, 0.5) is 0 Å². The summed E-state index contributed by atoms with van der Waals surface area (Å²) in [6.07, 6.45) is 1.02. The van der Waals surface area contributed by atoms with Crippen molar-refractivity contribution in [2.45, 2.75) is 54.9 Å². The zero-order valence-corrected chi connectivity index (χ0v) is 12.5. The second-order valence-corrected chi connectivity index (χ2v) is 3.57. The average molecular weight is 236 g/mol. The molecule has 0 atom stereocenters. The fourth-order valence-electron chi connectivity index (χ4n) is 1.24. The first-order chi connectivity index (χ1) is 8.15. The van der Waals surface area contributed by atoms with Crippen molar-refractivity contribution in [1.29, 1.82) is 0 Å². The summed E-state index contributed by atoms with van der Waals surface area (Å²) in [5.41, 5.74) is 2.10. The molecule has 1 nitrogen and oxygen atoms in total. The van der Waals surface area contributed by atoms with Gasteiger partial charge >= 0.3 is 0 Å². The quantitative estimate of drug-likeness (QED) is 0.664. The van der Waals surface area contributed by atoms with E-state index >= 15 is 0 Å². The summed E-state index contributed by atoms with van der Waals surface area (Å²) in [5.74, 6) is 0.315. The summed E-state index contributed by atoms with van der Waals surface area (Å²) in [5, 5.41) is 0. The molecule has 0 heterocycles. The Bertz CT molecular complexity index is 283. The van der Waals surface area contributed by atoms with Gasteiger partial charge in [0.25, 0.3) is 0 Å². The standard InChI is InChI=1S/C12H16O.2C2H6/c1-4-10-5-7-11(8-6-10)12(13)9(2)3;2*1-2/h5-9H,4H2,1-3H3;2*1-2H3. The number of benzene rings is 1. The third-order valence-electron chi connectivity index (χ3n) is 2.17. The van der Waals surface area contributed by atoms with Gasteiger partial charge in [-0.2, -0.15) is 0 Å². The van der Waals surface area contributed by atoms with E-state index in [2.05, 4.69) is 6.92 Å². The predicted molar refractivity (Wildman–Crippen MR) is 77.7 cm³/mol. The number of carbonyl (C=O) groups is 1. The zero-order chi connectivity index (χ0) is 13.8. The molecule has 17 heavy (non-hydrogen) atoms. The van der Waals surface area contributed by atoms with Crippen molar-refractivity contribution in [3.63, 3.8) is 0 Å². The van der Waals surface area contributed by atoms with Crippen molar-refractivity contribution in [2.75, 3.05) is 0 Å². The summed E-state index contributed by atoms with van der Waals surface area (Å²) in [6, 6.07) is 7.88. The highest BCUT2D eigenvalue weighted by Gasteiger charge is 2.09. The average Bonchev–Trinajstić information content (AvgIpc) is 2.42. The monoisotopic (exact) mass is 236 g/mol. The van der Waals surface area contributed by atoms with Crippen LogP contribution < -0.4 is 0 Å². The summed E-state index contributed by atoms with van der Waals surface area (Å²) < 4.78 is 0. The van der Waals surface area contributed by atoms with Crippen LogP contribution in [0.5, 0.6) is 0 Å². The van der Waals surface area contributed by atoms with E-state index in [4.69, 9.17) is 0 Å². The van der Waals surface area contributed by atoms with Crippen LogP contribution in [0, 0.1) is 5.92 Å². The SMILES string of the molecule is CC.CC.CCc1ccc(C(=O)C(C)C)cc1. The Morgan fingerprint density at radius 1 is 1.00 bits per heavy atom. The third-order valence-corrected chi connectivity index (χ3v) is 2.17. The Hall–Kier alpha value is -1.11. The highest BCUT2D eigenvalue weighted by Crippen LogP contribution is 2.10. The maximum Gasteiger partial charge on any atom is 0.165 e. The number of rotatable bonds is 3. The zero-order valence-electron chi connectivity index (χ0n) is 12.5. The van der Waals surface area contributed by atoms with E-state index in [9.17, 15) is 4.79 Å². The largest absolute Gasteiger partial charge is 0.294 e.